The molecule has 0 bridgehead atoms. The molecule has 2 saturated heterocycles. The first-order valence-corrected chi connectivity index (χ1v) is 9.86. The molecule has 1 N–H and O–H groups in total. The molecule has 0 saturated carbocycles. The zero-order valence-electron chi connectivity index (χ0n) is 15.8. The molecule has 2 aliphatic heterocycles. The molecule has 4 rings (SSSR count). The van der Waals surface area contributed by atoms with Crippen molar-refractivity contribution >= 4 is 17.3 Å². The van der Waals surface area contributed by atoms with Gasteiger partial charge in [0, 0.05) is 30.4 Å². The molecule has 2 fully saturated rings. The number of hydrogen-bond donors (Lipinski definition) is 1. The van der Waals surface area contributed by atoms with Gasteiger partial charge in [-0.25, -0.2) is 9.78 Å². The number of carbonyl (C=O) groups is 1. The number of carboxylic acid groups (broad SMARTS) is 1. The first-order chi connectivity index (χ1) is 13.6. The van der Waals surface area contributed by atoms with Crippen LogP contribution in [0.3, 0.4) is 0 Å². The van der Waals surface area contributed by atoms with Crippen molar-refractivity contribution in [1.29, 1.82) is 0 Å². The molecule has 2 aliphatic rings. The van der Waals surface area contributed by atoms with Crippen LogP contribution in [0.2, 0.25) is 0 Å². The third-order valence-electron chi connectivity index (χ3n) is 4.82. The first kappa shape index (κ1) is 21.7. The Morgan fingerprint density at radius 3 is 2.62 bits per heavy atom. The summed E-state index contributed by atoms with van der Waals surface area (Å²) >= 11 is 1.75. The highest BCUT2D eigenvalue weighted by Crippen LogP contribution is 2.35. The Kier molecular flexibility index (Phi) is 6.54. The van der Waals surface area contributed by atoms with Crippen molar-refractivity contribution in [2.45, 2.75) is 51.6 Å². The Hall–Kier alpha value is -2.05. The van der Waals surface area contributed by atoms with Gasteiger partial charge in [0.05, 0.1) is 29.8 Å². The van der Waals surface area contributed by atoms with E-state index in [1.54, 1.807) is 11.3 Å². The number of aliphatic carboxylic acids is 1. The number of ether oxygens (including phenoxy) is 1. The van der Waals surface area contributed by atoms with Gasteiger partial charge in [0.25, 0.3) is 0 Å². The van der Waals surface area contributed by atoms with Crippen molar-refractivity contribution in [1.82, 2.24) is 20.0 Å². The van der Waals surface area contributed by atoms with Gasteiger partial charge in [-0.2, -0.15) is 18.2 Å². The molecule has 2 aromatic heterocycles. The fourth-order valence-corrected chi connectivity index (χ4v) is 4.33. The van der Waals surface area contributed by atoms with E-state index < -0.39 is 12.1 Å². The molecule has 0 radical (unpaired) electrons. The number of aromatic nitrogens is 3. The van der Waals surface area contributed by atoms with E-state index in [1.807, 2.05) is 12.4 Å². The number of rotatable bonds is 4. The van der Waals surface area contributed by atoms with Crippen LogP contribution in [0, 0.1) is 19.8 Å². The zero-order valence-corrected chi connectivity index (χ0v) is 16.7. The van der Waals surface area contributed by atoms with Crippen LogP contribution in [0.25, 0.3) is 0 Å². The second-order valence-corrected chi connectivity index (χ2v) is 8.03. The topological polar surface area (TPSA) is 102 Å². The van der Waals surface area contributed by atoms with E-state index in [-0.39, 0.29) is 6.10 Å². The Balaban J connectivity index is 0.000000298. The number of aryl methyl sites for hydroxylation is 2. The molecule has 4 heterocycles. The number of nitrogens with zero attached hydrogens (tertiary/aromatic N) is 4. The predicted molar refractivity (Wildman–Crippen MR) is 95.3 cm³/mol. The Bertz CT molecular complexity index is 827. The molecule has 0 spiro atoms. The third-order valence-corrected chi connectivity index (χ3v) is 5.74. The molecule has 0 aromatic carbocycles. The summed E-state index contributed by atoms with van der Waals surface area (Å²) in [4.78, 5) is 21.4. The minimum Gasteiger partial charge on any atom is -0.475 e. The predicted octanol–water partition coefficient (Wildman–Crippen LogP) is 2.61. The highest BCUT2D eigenvalue weighted by atomic mass is 32.1. The minimum atomic E-state index is -5.08. The number of fused-ring (bicyclic) bond motifs is 1. The molecule has 0 aliphatic carbocycles. The van der Waals surface area contributed by atoms with Crippen LogP contribution in [-0.2, 0) is 22.5 Å². The van der Waals surface area contributed by atoms with Crippen molar-refractivity contribution in [3.63, 3.8) is 0 Å². The van der Waals surface area contributed by atoms with Crippen molar-refractivity contribution < 1.29 is 32.3 Å². The molecule has 0 unspecified atom stereocenters. The number of hydrogen-bond acceptors (Lipinski definition) is 8. The first-order valence-electron chi connectivity index (χ1n) is 8.98. The number of thiazole rings is 1. The van der Waals surface area contributed by atoms with Crippen molar-refractivity contribution in [3.8, 4) is 0 Å². The molecule has 3 atom stereocenters. The fraction of sp³-hybridized carbons (Fsp3) is 0.647. The summed E-state index contributed by atoms with van der Waals surface area (Å²) in [7, 11) is 0. The number of alkyl halides is 3. The highest BCUT2D eigenvalue weighted by Gasteiger charge is 2.42. The smallest absolute Gasteiger partial charge is 0.475 e. The molecule has 12 heteroatoms. The molecule has 29 heavy (non-hydrogen) atoms. The van der Waals surface area contributed by atoms with E-state index in [0.29, 0.717) is 23.7 Å². The summed E-state index contributed by atoms with van der Waals surface area (Å²) in [6.45, 7) is 7.06. The number of halogens is 3. The summed E-state index contributed by atoms with van der Waals surface area (Å²) in [6, 6.07) is 0. The van der Waals surface area contributed by atoms with E-state index in [9.17, 15) is 13.2 Å². The summed E-state index contributed by atoms with van der Waals surface area (Å²) < 4.78 is 43.1. The second-order valence-electron chi connectivity index (χ2n) is 7.09. The van der Waals surface area contributed by atoms with Crippen molar-refractivity contribution in [2.75, 3.05) is 13.1 Å². The van der Waals surface area contributed by atoms with Gasteiger partial charge in [-0.15, -0.1) is 11.3 Å². The van der Waals surface area contributed by atoms with Crippen LogP contribution < -0.4 is 0 Å². The van der Waals surface area contributed by atoms with Gasteiger partial charge >= 0.3 is 12.1 Å². The summed E-state index contributed by atoms with van der Waals surface area (Å²) in [6.07, 6.45) is -2.68. The molecule has 8 nitrogen and oxygen atoms in total. The van der Waals surface area contributed by atoms with Crippen LogP contribution in [-0.4, -0.2) is 62.6 Å². The maximum atomic E-state index is 10.6. The SMILES string of the molecule is Cc1noc(C[C@@H]2C[C@H]3CN(Cc4scnc4C)C[C@H]3O2)n1.O=C(O)C(F)(F)F. The van der Waals surface area contributed by atoms with Gasteiger partial charge in [0.1, 0.15) is 0 Å². The van der Waals surface area contributed by atoms with Crippen LogP contribution in [0.1, 0.15) is 28.7 Å². The maximum absolute atomic E-state index is 10.6. The van der Waals surface area contributed by atoms with Crippen LogP contribution >= 0.6 is 11.3 Å². The number of likely N-dealkylation sites (tertiary alicyclic amines) is 1. The van der Waals surface area contributed by atoms with E-state index in [1.165, 1.54) is 4.88 Å². The minimum absolute atomic E-state index is 0.224. The van der Waals surface area contributed by atoms with E-state index >= 15 is 0 Å². The summed E-state index contributed by atoms with van der Waals surface area (Å²) in [5, 5.41) is 11.0. The molecular formula is C17H21F3N4O4S. The average molecular weight is 434 g/mol. The van der Waals surface area contributed by atoms with Gasteiger partial charge in [-0.1, -0.05) is 5.16 Å². The monoisotopic (exact) mass is 434 g/mol. The van der Waals surface area contributed by atoms with Gasteiger partial charge in [0.2, 0.25) is 5.89 Å². The van der Waals surface area contributed by atoms with E-state index in [2.05, 4.69) is 26.9 Å². The zero-order chi connectivity index (χ0) is 21.2. The fourth-order valence-electron chi connectivity index (χ4n) is 3.51. The Labute approximate surface area is 168 Å². The maximum Gasteiger partial charge on any atom is 0.490 e. The van der Waals surface area contributed by atoms with Gasteiger partial charge in [-0.05, 0) is 20.3 Å². The summed E-state index contributed by atoms with van der Waals surface area (Å²) in [5.74, 6) is -0.742. The van der Waals surface area contributed by atoms with Gasteiger partial charge in [-0.3, -0.25) is 4.90 Å². The van der Waals surface area contributed by atoms with Crippen molar-refractivity contribution in [3.05, 3.63) is 27.8 Å². The molecule has 160 valence electrons. The van der Waals surface area contributed by atoms with Crippen LogP contribution in [0.4, 0.5) is 13.2 Å². The van der Waals surface area contributed by atoms with Crippen LogP contribution in [0.5, 0.6) is 0 Å². The normalized spacial score (nSPS) is 24.2. The lowest BCUT2D eigenvalue weighted by Crippen LogP contribution is -2.25. The summed E-state index contributed by atoms with van der Waals surface area (Å²) in [5.41, 5.74) is 3.09. The lowest BCUT2D eigenvalue weighted by atomic mass is 10.0. The van der Waals surface area contributed by atoms with Gasteiger partial charge < -0.3 is 14.4 Å². The lowest BCUT2D eigenvalue weighted by molar-refractivity contribution is -0.192. The molecular weight excluding hydrogens is 413 g/mol. The molecule has 0 amide bonds. The average Bonchev–Trinajstić information content (AvgIpc) is 3.35. The third kappa shape index (κ3) is 5.73. The highest BCUT2D eigenvalue weighted by molar-refractivity contribution is 7.09. The van der Waals surface area contributed by atoms with Crippen molar-refractivity contribution in [2.24, 2.45) is 5.92 Å². The lowest BCUT2D eigenvalue weighted by Gasteiger charge is -2.18. The Morgan fingerprint density at radius 1 is 1.38 bits per heavy atom. The largest absolute Gasteiger partial charge is 0.490 e. The van der Waals surface area contributed by atoms with Gasteiger partial charge in [0.15, 0.2) is 5.82 Å². The van der Waals surface area contributed by atoms with Crippen LogP contribution in [0.15, 0.2) is 10.0 Å². The molecule has 2 aromatic rings. The number of carboxylic acids is 1. The second kappa shape index (κ2) is 8.76. The Morgan fingerprint density at radius 2 is 2.10 bits per heavy atom. The van der Waals surface area contributed by atoms with E-state index in [4.69, 9.17) is 19.2 Å². The van der Waals surface area contributed by atoms with E-state index in [0.717, 1.165) is 38.2 Å². The standard InChI is InChI=1S/C15H20N4O2S.C2HF3O2/c1-9-14(22-8-16-9)7-19-5-11-3-12(20-13(11)6-19)4-15-17-10(2)18-21-15;3-2(4,5)1(6)7/h8,11-13H,3-7H2,1-2H3;(H,6,7)/t11-,12-,13+;/m0./s1. The quantitative estimate of drug-likeness (QED) is 0.784.